The molecule has 2 rings (SSSR count). The summed E-state index contributed by atoms with van der Waals surface area (Å²) in [4.78, 5) is 8.49. The minimum Gasteiger partial charge on any atom is -0.475 e. The highest BCUT2D eigenvalue weighted by Crippen LogP contribution is 2.15. The molecule has 0 unspecified atom stereocenters. The zero-order valence-electron chi connectivity index (χ0n) is 12.3. The summed E-state index contributed by atoms with van der Waals surface area (Å²) in [5, 5.41) is 3.41. The number of aromatic nitrogens is 3. The zero-order valence-corrected chi connectivity index (χ0v) is 12.3. The fourth-order valence-corrected chi connectivity index (χ4v) is 1.95. The molecule has 1 N–H and O–H groups in total. The maximum absolute atomic E-state index is 5.70. The van der Waals surface area contributed by atoms with E-state index in [2.05, 4.69) is 19.9 Å². The van der Waals surface area contributed by atoms with Crippen LogP contribution in [0.3, 0.4) is 0 Å². The molecule has 0 fully saturated rings. The van der Waals surface area contributed by atoms with Crippen molar-refractivity contribution in [3.05, 3.63) is 42.1 Å². The second-order valence-electron chi connectivity index (χ2n) is 4.98. The molecule has 0 radical (unpaired) electrons. The second-order valence-corrected chi connectivity index (χ2v) is 4.98. The molecule has 0 aromatic carbocycles. The van der Waals surface area contributed by atoms with E-state index in [9.17, 15) is 0 Å². The lowest BCUT2D eigenvalue weighted by atomic mass is 10.2. The summed E-state index contributed by atoms with van der Waals surface area (Å²) in [7, 11) is 0. The van der Waals surface area contributed by atoms with Crippen LogP contribution in [0.2, 0.25) is 0 Å². The van der Waals surface area contributed by atoms with Crippen LogP contribution in [0.5, 0.6) is 5.88 Å². The molecule has 0 atom stereocenters. The Hall–Kier alpha value is -1.88. The summed E-state index contributed by atoms with van der Waals surface area (Å²) in [5.41, 5.74) is 1.09. The van der Waals surface area contributed by atoms with Crippen molar-refractivity contribution in [1.82, 2.24) is 19.9 Å². The number of imidazole rings is 1. The number of nitrogens with zero attached hydrogens (tertiary/aromatic N) is 3. The van der Waals surface area contributed by atoms with Crippen LogP contribution >= 0.6 is 0 Å². The normalized spacial score (nSPS) is 11.0. The van der Waals surface area contributed by atoms with E-state index in [1.807, 2.05) is 45.3 Å². The molecule has 108 valence electrons. The van der Waals surface area contributed by atoms with E-state index in [1.54, 1.807) is 6.20 Å². The van der Waals surface area contributed by atoms with Crippen LogP contribution < -0.4 is 10.1 Å². The van der Waals surface area contributed by atoms with Gasteiger partial charge in [0.2, 0.25) is 5.88 Å². The monoisotopic (exact) mass is 274 g/mol. The molecule has 0 aliphatic carbocycles. The molecule has 0 saturated heterocycles. The molecule has 2 aromatic rings. The topological polar surface area (TPSA) is 52.0 Å². The Morgan fingerprint density at radius 2 is 2.15 bits per heavy atom. The van der Waals surface area contributed by atoms with Crippen molar-refractivity contribution in [2.24, 2.45) is 0 Å². The van der Waals surface area contributed by atoms with Gasteiger partial charge in [-0.3, -0.25) is 0 Å². The average molecular weight is 274 g/mol. The number of rotatable bonds is 7. The fraction of sp³-hybridized carbons (Fsp3) is 0.467. The van der Waals surface area contributed by atoms with Gasteiger partial charge in [0.15, 0.2) is 0 Å². The summed E-state index contributed by atoms with van der Waals surface area (Å²) in [6.45, 7) is 8.57. The number of nitrogens with one attached hydrogen (secondary N) is 1. The van der Waals surface area contributed by atoms with Gasteiger partial charge in [-0.25, -0.2) is 9.97 Å². The standard InChI is InChI=1S/C15H22N4O/c1-12(2)20-15-14(5-4-6-18-15)11-16-7-9-19-10-8-17-13(19)3/h4-6,8,10,12,16H,7,9,11H2,1-3H3. The van der Waals surface area contributed by atoms with Crippen molar-refractivity contribution < 1.29 is 4.74 Å². The lowest BCUT2D eigenvalue weighted by Gasteiger charge is -2.13. The van der Waals surface area contributed by atoms with Crippen LogP contribution in [0.4, 0.5) is 0 Å². The highest BCUT2D eigenvalue weighted by Gasteiger charge is 2.06. The van der Waals surface area contributed by atoms with Crippen molar-refractivity contribution in [3.63, 3.8) is 0 Å². The van der Waals surface area contributed by atoms with Crippen molar-refractivity contribution in [3.8, 4) is 5.88 Å². The van der Waals surface area contributed by atoms with Crippen molar-refractivity contribution in [1.29, 1.82) is 0 Å². The first-order valence-electron chi connectivity index (χ1n) is 6.96. The molecular weight excluding hydrogens is 252 g/mol. The average Bonchev–Trinajstić information content (AvgIpc) is 2.81. The van der Waals surface area contributed by atoms with Gasteiger partial charge in [-0.1, -0.05) is 6.07 Å². The summed E-state index contributed by atoms with van der Waals surface area (Å²) in [6.07, 6.45) is 5.72. The molecule has 0 aliphatic heterocycles. The smallest absolute Gasteiger partial charge is 0.218 e. The number of aryl methyl sites for hydroxylation is 1. The quantitative estimate of drug-likeness (QED) is 0.786. The first-order valence-corrected chi connectivity index (χ1v) is 6.96. The third-order valence-corrected chi connectivity index (χ3v) is 2.97. The highest BCUT2D eigenvalue weighted by molar-refractivity contribution is 5.25. The Bertz CT molecular complexity index is 536. The molecule has 0 spiro atoms. The lowest BCUT2D eigenvalue weighted by molar-refractivity contribution is 0.229. The molecule has 0 aliphatic rings. The SMILES string of the molecule is Cc1nccn1CCNCc1cccnc1OC(C)C. The van der Waals surface area contributed by atoms with Crippen LogP contribution in [0.25, 0.3) is 0 Å². The third-order valence-electron chi connectivity index (χ3n) is 2.97. The van der Waals surface area contributed by atoms with Gasteiger partial charge in [0.25, 0.3) is 0 Å². The largest absolute Gasteiger partial charge is 0.475 e. The van der Waals surface area contributed by atoms with E-state index in [4.69, 9.17) is 4.74 Å². The van der Waals surface area contributed by atoms with Gasteiger partial charge in [-0.15, -0.1) is 0 Å². The van der Waals surface area contributed by atoms with Crippen LogP contribution in [0.1, 0.15) is 25.2 Å². The molecule has 2 heterocycles. The van der Waals surface area contributed by atoms with Crippen LogP contribution in [0.15, 0.2) is 30.7 Å². The Labute approximate surface area is 120 Å². The van der Waals surface area contributed by atoms with Gasteiger partial charge < -0.3 is 14.6 Å². The second kappa shape index (κ2) is 7.05. The van der Waals surface area contributed by atoms with Crippen molar-refractivity contribution in [2.45, 2.75) is 40.0 Å². The Balaban J connectivity index is 1.83. The molecule has 5 heteroatoms. The first-order chi connectivity index (χ1) is 9.66. The third kappa shape index (κ3) is 4.06. The molecular formula is C15H22N4O. The predicted molar refractivity (Wildman–Crippen MR) is 78.7 cm³/mol. The first kappa shape index (κ1) is 14.5. The van der Waals surface area contributed by atoms with Gasteiger partial charge in [0.1, 0.15) is 5.82 Å². The Morgan fingerprint density at radius 3 is 2.85 bits per heavy atom. The maximum atomic E-state index is 5.70. The molecule has 0 amide bonds. The van der Waals surface area contributed by atoms with Crippen molar-refractivity contribution in [2.75, 3.05) is 6.54 Å². The van der Waals surface area contributed by atoms with E-state index in [1.165, 1.54) is 0 Å². The molecule has 20 heavy (non-hydrogen) atoms. The lowest BCUT2D eigenvalue weighted by Crippen LogP contribution is -2.21. The number of hydrogen-bond acceptors (Lipinski definition) is 4. The Kier molecular flexibility index (Phi) is 5.12. The summed E-state index contributed by atoms with van der Waals surface area (Å²) in [6, 6.07) is 3.98. The van der Waals surface area contributed by atoms with Gasteiger partial charge in [0, 0.05) is 43.8 Å². The van der Waals surface area contributed by atoms with Gasteiger partial charge >= 0.3 is 0 Å². The Morgan fingerprint density at radius 1 is 1.30 bits per heavy atom. The van der Waals surface area contributed by atoms with Crippen LogP contribution in [0, 0.1) is 6.92 Å². The van der Waals surface area contributed by atoms with Crippen LogP contribution in [-0.4, -0.2) is 27.2 Å². The van der Waals surface area contributed by atoms with E-state index in [-0.39, 0.29) is 6.10 Å². The summed E-state index contributed by atoms with van der Waals surface area (Å²) in [5.74, 6) is 1.76. The van der Waals surface area contributed by atoms with E-state index >= 15 is 0 Å². The summed E-state index contributed by atoms with van der Waals surface area (Å²) < 4.78 is 7.83. The van der Waals surface area contributed by atoms with Crippen LogP contribution in [-0.2, 0) is 13.1 Å². The minimum absolute atomic E-state index is 0.136. The van der Waals surface area contributed by atoms with Crippen molar-refractivity contribution >= 4 is 0 Å². The van der Waals surface area contributed by atoms with E-state index in [0.717, 1.165) is 31.0 Å². The van der Waals surface area contributed by atoms with E-state index in [0.29, 0.717) is 5.88 Å². The van der Waals surface area contributed by atoms with Gasteiger partial charge in [0.05, 0.1) is 6.10 Å². The molecule has 5 nitrogen and oxygen atoms in total. The number of hydrogen-bond donors (Lipinski definition) is 1. The predicted octanol–water partition coefficient (Wildman–Crippen LogP) is 2.16. The fourth-order valence-electron chi connectivity index (χ4n) is 1.95. The van der Waals surface area contributed by atoms with E-state index < -0.39 is 0 Å². The molecule has 0 bridgehead atoms. The zero-order chi connectivity index (χ0) is 14.4. The maximum Gasteiger partial charge on any atom is 0.218 e. The van der Waals surface area contributed by atoms with Gasteiger partial charge in [-0.05, 0) is 26.8 Å². The number of pyridine rings is 1. The molecule has 0 saturated carbocycles. The highest BCUT2D eigenvalue weighted by atomic mass is 16.5. The van der Waals surface area contributed by atoms with Gasteiger partial charge in [-0.2, -0.15) is 0 Å². The summed E-state index contributed by atoms with van der Waals surface area (Å²) >= 11 is 0. The minimum atomic E-state index is 0.136. The number of ether oxygens (including phenoxy) is 1. The molecule has 2 aromatic heterocycles.